The molecule has 0 atom stereocenters. The van der Waals surface area contributed by atoms with Gasteiger partial charge >= 0.3 is 0 Å². The highest BCUT2D eigenvalue weighted by molar-refractivity contribution is 7.13. The quantitative estimate of drug-likeness (QED) is 0.675. The summed E-state index contributed by atoms with van der Waals surface area (Å²) in [6.07, 6.45) is 0. The number of thiophene rings is 1. The zero-order valence-electron chi connectivity index (χ0n) is 15.0. The largest absolute Gasteiger partial charge is 0.497 e. The van der Waals surface area contributed by atoms with E-state index in [9.17, 15) is 9.59 Å². The van der Waals surface area contributed by atoms with Crippen LogP contribution in [0.1, 0.15) is 10.4 Å². The van der Waals surface area contributed by atoms with Gasteiger partial charge in [0, 0.05) is 18.7 Å². The van der Waals surface area contributed by atoms with Crippen LogP contribution in [-0.4, -0.2) is 36.5 Å². The van der Waals surface area contributed by atoms with Crippen molar-refractivity contribution in [1.29, 1.82) is 0 Å². The van der Waals surface area contributed by atoms with E-state index in [0.717, 1.165) is 10.6 Å². The Labute approximate surface area is 160 Å². The maximum atomic E-state index is 12.4. The number of amides is 1. The molecule has 0 aliphatic heterocycles. The Morgan fingerprint density at radius 2 is 2.04 bits per heavy atom. The predicted molar refractivity (Wildman–Crippen MR) is 104 cm³/mol. The molecule has 0 saturated heterocycles. The molecule has 7 nitrogen and oxygen atoms in total. The van der Waals surface area contributed by atoms with E-state index in [1.165, 1.54) is 17.9 Å². The number of nitrogens with zero attached hydrogens (tertiary/aromatic N) is 2. The number of methoxy groups -OCH3 is 2. The highest BCUT2D eigenvalue weighted by Gasteiger charge is 2.13. The summed E-state index contributed by atoms with van der Waals surface area (Å²) < 4.78 is 11.7. The summed E-state index contributed by atoms with van der Waals surface area (Å²) in [5, 5.41) is 9.10. The average molecular weight is 385 g/mol. The predicted octanol–water partition coefficient (Wildman–Crippen LogP) is 2.42. The van der Waals surface area contributed by atoms with Crippen molar-refractivity contribution < 1.29 is 14.3 Å². The van der Waals surface area contributed by atoms with Crippen molar-refractivity contribution in [2.45, 2.75) is 6.54 Å². The van der Waals surface area contributed by atoms with E-state index in [-0.39, 0.29) is 24.6 Å². The van der Waals surface area contributed by atoms with Gasteiger partial charge in [0.15, 0.2) is 0 Å². The molecule has 2 heterocycles. The lowest BCUT2D eigenvalue weighted by Crippen LogP contribution is -2.32. The fourth-order valence-corrected chi connectivity index (χ4v) is 3.21. The van der Waals surface area contributed by atoms with Crippen molar-refractivity contribution in [3.63, 3.8) is 0 Å². The van der Waals surface area contributed by atoms with Gasteiger partial charge in [0.25, 0.3) is 11.5 Å². The van der Waals surface area contributed by atoms with Crippen LogP contribution in [0.4, 0.5) is 0 Å². The van der Waals surface area contributed by atoms with E-state index >= 15 is 0 Å². The van der Waals surface area contributed by atoms with Gasteiger partial charge in [-0.25, -0.2) is 4.68 Å². The lowest BCUT2D eigenvalue weighted by atomic mass is 10.1. The first-order valence-electron chi connectivity index (χ1n) is 8.24. The SMILES string of the molecule is COc1ccc(C(=O)NCCn2nc(-c3cccs3)ccc2=O)c(OC)c1. The molecule has 2 aromatic heterocycles. The summed E-state index contributed by atoms with van der Waals surface area (Å²) >= 11 is 1.55. The van der Waals surface area contributed by atoms with Crippen LogP contribution < -0.4 is 20.3 Å². The van der Waals surface area contributed by atoms with Gasteiger partial charge in [-0.1, -0.05) is 6.07 Å². The number of ether oxygens (including phenoxy) is 2. The molecule has 1 amide bonds. The molecule has 0 saturated carbocycles. The summed E-state index contributed by atoms with van der Waals surface area (Å²) in [6, 6.07) is 12.0. The smallest absolute Gasteiger partial charge is 0.266 e. The first-order chi connectivity index (χ1) is 13.1. The monoisotopic (exact) mass is 385 g/mol. The summed E-state index contributed by atoms with van der Waals surface area (Å²) in [5.74, 6) is 0.725. The fourth-order valence-electron chi connectivity index (χ4n) is 2.52. The Kier molecular flexibility index (Phi) is 5.87. The Morgan fingerprint density at radius 3 is 2.74 bits per heavy atom. The molecule has 0 aliphatic carbocycles. The second-order valence-corrected chi connectivity index (χ2v) is 6.53. The topological polar surface area (TPSA) is 82.5 Å². The number of benzene rings is 1. The number of nitrogens with one attached hydrogen (secondary N) is 1. The Balaban J connectivity index is 1.67. The zero-order chi connectivity index (χ0) is 19.2. The van der Waals surface area contributed by atoms with Crippen LogP contribution in [0.2, 0.25) is 0 Å². The van der Waals surface area contributed by atoms with Crippen molar-refractivity contribution in [3.8, 4) is 22.1 Å². The van der Waals surface area contributed by atoms with Crippen LogP contribution in [0.3, 0.4) is 0 Å². The number of hydrogen-bond acceptors (Lipinski definition) is 6. The summed E-state index contributed by atoms with van der Waals surface area (Å²) in [6.45, 7) is 0.525. The molecular formula is C19H19N3O4S. The van der Waals surface area contributed by atoms with Gasteiger partial charge in [-0.2, -0.15) is 5.10 Å². The Bertz CT molecular complexity index is 983. The van der Waals surface area contributed by atoms with E-state index in [1.54, 1.807) is 42.7 Å². The number of hydrogen-bond donors (Lipinski definition) is 1. The molecule has 8 heteroatoms. The van der Waals surface area contributed by atoms with Crippen LogP contribution >= 0.6 is 11.3 Å². The third-order valence-electron chi connectivity index (χ3n) is 3.90. The van der Waals surface area contributed by atoms with Crippen molar-refractivity contribution in [1.82, 2.24) is 15.1 Å². The standard InChI is InChI=1S/C19H19N3O4S/c1-25-13-5-6-14(16(12-13)26-2)19(24)20-9-10-22-18(23)8-7-15(21-22)17-4-3-11-27-17/h3-8,11-12H,9-10H2,1-2H3,(H,20,24). The maximum absolute atomic E-state index is 12.4. The van der Waals surface area contributed by atoms with E-state index in [1.807, 2.05) is 17.5 Å². The van der Waals surface area contributed by atoms with Gasteiger partial charge in [0.05, 0.1) is 31.2 Å². The van der Waals surface area contributed by atoms with Gasteiger partial charge in [0.2, 0.25) is 0 Å². The van der Waals surface area contributed by atoms with Crippen molar-refractivity contribution >= 4 is 17.2 Å². The van der Waals surface area contributed by atoms with E-state index in [2.05, 4.69) is 10.4 Å². The van der Waals surface area contributed by atoms with Crippen LogP contribution in [0.15, 0.2) is 52.6 Å². The molecule has 3 aromatic rings. The second kappa shape index (κ2) is 8.50. The molecule has 1 aromatic carbocycles. The fraction of sp³-hybridized carbons (Fsp3) is 0.211. The van der Waals surface area contributed by atoms with Crippen molar-refractivity contribution in [2.75, 3.05) is 20.8 Å². The second-order valence-electron chi connectivity index (χ2n) is 5.58. The first-order valence-corrected chi connectivity index (χ1v) is 9.12. The van der Waals surface area contributed by atoms with E-state index in [4.69, 9.17) is 9.47 Å². The van der Waals surface area contributed by atoms with E-state index in [0.29, 0.717) is 17.1 Å². The number of rotatable bonds is 7. The average Bonchev–Trinajstić information content (AvgIpc) is 3.23. The minimum absolute atomic E-state index is 0.216. The van der Waals surface area contributed by atoms with Gasteiger partial charge in [-0.3, -0.25) is 9.59 Å². The maximum Gasteiger partial charge on any atom is 0.266 e. The van der Waals surface area contributed by atoms with Crippen molar-refractivity contribution in [3.05, 3.63) is 63.8 Å². The molecule has 1 N–H and O–H groups in total. The Hall–Kier alpha value is -3.13. The summed E-state index contributed by atoms with van der Waals surface area (Å²) in [7, 11) is 3.04. The highest BCUT2D eigenvalue weighted by atomic mass is 32.1. The van der Waals surface area contributed by atoms with Crippen LogP contribution in [0.5, 0.6) is 11.5 Å². The molecule has 0 fully saturated rings. The molecule has 0 radical (unpaired) electrons. The molecule has 0 unspecified atom stereocenters. The lowest BCUT2D eigenvalue weighted by Gasteiger charge is -2.11. The Morgan fingerprint density at radius 1 is 1.19 bits per heavy atom. The van der Waals surface area contributed by atoms with Gasteiger partial charge in [-0.15, -0.1) is 11.3 Å². The van der Waals surface area contributed by atoms with Gasteiger partial charge < -0.3 is 14.8 Å². The van der Waals surface area contributed by atoms with Gasteiger partial charge in [0.1, 0.15) is 17.2 Å². The van der Waals surface area contributed by atoms with Crippen LogP contribution in [0, 0.1) is 0 Å². The zero-order valence-corrected chi connectivity index (χ0v) is 15.8. The van der Waals surface area contributed by atoms with Crippen LogP contribution in [-0.2, 0) is 6.54 Å². The third kappa shape index (κ3) is 4.35. The molecule has 0 bridgehead atoms. The first kappa shape index (κ1) is 18.7. The van der Waals surface area contributed by atoms with Crippen LogP contribution in [0.25, 0.3) is 10.6 Å². The number of aromatic nitrogens is 2. The number of carbonyl (C=O) groups excluding carboxylic acids is 1. The summed E-state index contributed by atoms with van der Waals surface area (Å²) in [5.41, 5.74) is 0.908. The number of carbonyl (C=O) groups is 1. The summed E-state index contributed by atoms with van der Waals surface area (Å²) in [4.78, 5) is 25.4. The normalized spacial score (nSPS) is 10.4. The van der Waals surface area contributed by atoms with Crippen molar-refractivity contribution in [2.24, 2.45) is 0 Å². The molecule has 3 rings (SSSR count). The molecule has 0 aliphatic rings. The third-order valence-corrected chi connectivity index (χ3v) is 4.80. The minimum Gasteiger partial charge on any atom is -0.497 e. The highest BCUT2D eigenvalue weighted by Crippen LogP contribution is 2.24. The molecule has 27 heavy (non-hydrogen) atoms. The minimum atomic E-state index is -0.294. The molecule has 0 spiro atoms. The molecule has 140 valence electrons. The molecular weight excluding hydrogens is 366 g/mol. The van der Waals surface area contributed by atoms with E-state index < -0.39 is 0 Å². The lowest BCUT2D eigenvalue weighted by molar-refractivity contribution is 0.0948. The van der Waals surface area contributed by atoms with Gasteiger partial charge in [-0.05, 0) is 29.6 Å².